The minimum absolute atomic E-state index is 0.0973. The number of aromatic hydroxyl groups is 2. The maximum atomic E-state index is 13.3. The van der Waals surface area contributed by atoms with Gasteiger partial charge in [-0.15, -0.1) is 0 Å². The van der Waals surface area contributed by atoms with Gasteiger partial charge in [-0.1, -0.05) is 0 Å². The van der Waals surface area contributed by atoms with Crippen LogP contribution in [0.1, 0.15) is 12.8 Å². The van der Waals surface area contributed by atoms with E-state index < -0.39 is 0 Å². The molecule has 0 aliphatic rings. The molecule has 4 aromatic rings. The molecule has 0 aliphatic carbocycles. The van der Waals surface area contributed by atoms with Crippen molar-refractivity contribution in [2.24, 2.45) is 0 Å². The van der Waals surface area contributed by atoms with Gasteiger partial charge in [-0.3, -0.25) is 18.7 Å². The molecule has 2 N–H and O–H groups in total. The van der Waals surface area contributed by atoms with E-state index >= 15 is 0 Å². The summed E-state index contributed by atoms with van der Waals surface area (Å²) in [6, 6.07) is 6.82. The zero-order chi connectivity index (χ0) is 25.0. The third-order valence-electron chi connectivity index (χ3n) is 6.53. The molecule has 4 rings (SSSR count). The number of nitrogens with zero attached hydrogens (tertiary/aromatic N) is 4. The largest absolute Gasteiger partial charge is 0.494 e. The maximum absolute atomic E-state index is 13.3. The smallest absolute Gasteiger partial charge is 0.261 e. The van der Waals surface area contributed by atoms with Gasteiger partial charge in [0, 0.05) is 58.2 Å². The van der Waals surface area contributed by atoms with E-state index in [1.54, 1.807) is 24.3 Å². The molecule has 2 aromatic carbocycles. The van der Waals surface area contributed by atoms with Crippen LogP contribution in [0.15, 0.2) is 33.9 Å². The Morgan fingerprint density at radius 3 is 1.26 bits per heavy atom. The van der Waals surface area contributed by atoms with Crippen molar-refractivity contribution in [2.75, 3.05) is 55.4 Å². The monoisotopic (exact) mass is 468 g/mol. The molecule has 8 heteroatoms. The lowest BCUT2D eigenvalue weighted by Crippen LogP contribution is -2.36. The molecule has 0 unspecified atom stereocenters. The van der Waals surface area contributed by atoms with Crippen LogP contribution >= 0.6 is 0 Å². The van der Waals surface area contributed by atoms with E-state index in [0.29, 0.717) is 45.4 Å². The number of rotatable bonds is 8. The fourth-order valence-corrected chi connectivity index (χ4v) is 4.82. The number of hydrogen-bond donors (Lipinski definition) is 2. The highest BCUT2D eigenvalue weighted by molar-refractivity contribution is 6.24. The maximum Gasteiger partial charge on any atom is 0.261 e. The van der Waals surface area contributed by atoms with Crippen LogP contribution in [0.4, 0.5) is 0 Å². The average Bonchev–Trinajstić information content (AvgIpc) is 2.73. The second-order valence-corrected chi connectivity index (χ2v) is 11.4. The number of hydrogen-bond acceptors (Lipinski definition) is 4. The van der Waals surface area contributed by atoms with Crippen LogP contribution in [0.25, 0.3) is 32.3 Å². The highest BCUT2D eigenvalue weighted by atomic mass is 16.3. The Hall–Kier alpha value is -3.10. The van der Waals surface area contributed by atoms with Crippen LogP contribution in [-0.2, 0) is 13.1 Å². The Morgan fingerprint density at radius 1 is 0.618 bits per heavy atom. The first-order valence-electron chi connectivity index (χ1n) is 11.8. The first-order valence-corrected chi connectivity index (χ1v) is 11.8. The quantitative estimate of drug-likeness (QED) is 0.307. The number of quaternary nitrogens is 2. The summed E-state index contributed by atoms with van der Waals surface area (Å²) in [5.74, 6) is -0.195. The first-order chi connectivity index (χ1) is 15.8. The van der Waals surface area contributed by atoms with Gasteiger partial charge in [-0.2, -0.15) is 0 Å². The molecule has 0 fully saturated rings. The van der Waals surface area contributed by atoms with Crippen molar-refractivity contribution in [3.63, 3.8) is 0 Å². The Kier molecular flexibility index (Phi) is 5.86. The molecule has 0 bridgehead atoms. The van der Waals surface area contributed by atoms with E-state index in [-0.39, 0.29) is 22.9 Å². The van der Waals surface area contributed by atoms with Crippen LogP contribution in [0.2, 0.25) is 0 Å². The topological polar surface area (TPSA) is 84.5 Å². The summed E-state index contributed by atoms with van der Waals surface area (Å²) in [7, 11) is 12.5. The predicted octanol–water partition coefficient (Wildman–Crippen LogP) is 2.51. The van der Waals surface area contributed by atoms with Crippen molar-refractivity contribution < 1.29 is 19.2 Å². The standard InChI is InChI=1S/C26H34N4O4/c1-29(2,3)15-7-13-27-23(31)17-9-11-19-22-20(12-10-18(21(17)22)24(27)32)26(34)28(25(19)33)14-8-16-30(4,5)6/h9-12H,7-8,13-16H2,1-6H3/p+2. The molecule has 182 valence electrons. The molecule has 2 heterocycles. The van der Waals surface area contributed by atoms with Crippen LogP contribution in [-0.4, -0.2) is 83.7 Å². The Bertz CT molecular complexity index is 1370. The molecule has 0 saturated heterocycles. The van der Waals surface area contributed by atoms with E-state index in [0.717, 1.165) is 34.9 Å². The van der Waals surface area contributed by atoms with Gasteiger partial charge in [0.25, 0.3) is 11.1 Å². The van der Waals surface area contributed by atoms with Crippen LogP contribution in [0.5, 0.6) is 11.8 Å². The lowest BCUT2D eigenvalue weighted by Gasteiger charge is -2.24. The van der Waals surface area contributed by atoms with Crippen molar-refractivity contribution in [3.8, 4) is 11.8 Å². The molecular formula is C26H36N4O4+2. The van der Waals surface area contributed by atoms with E-state index in [9.17, 15) is 19.8 Å². The third kappa shape index (κ3) is 4.23. The molecule has 0 amide bonds. The number of aromatic nitrogens is 2. The molecule has 34 heavy (non-hydrogen) atoms. The summed E-state index contributed by atoms with van der Waals surface area (Å²) in [4.78, 5) is 26.7. The molecule has 0 atom stereocenters. The zero-order valence-corrected chi connectivity index (χ0v) is 21.1. The van der Waals surface area contributed by atoms with E-state index in [4.69, 9.17) is 0 Å². The van der Waals surface area contributed by atoms with Crippen molar-refractivity contribution in [1.82, 2.24) is 9.13 Å². The summed E-state index contributed by atoms with van der Waals surface area (Å²) in [5, 5.41) is 25.0. The summed E-state index contributed by atoms with van der Waals surface area (Å²) < 4.78 is 4.37. The Labute approximate surface area is 199 Å². The summed E-state index contributed by atoms with van der Waals surface area (Å²) in [6.45, 7) is 2.53. The van der Waals surface area contributed by atoms with Crippen molar-refractivity contribution in [2.45, 2.75) is 25.9 Å². The highest BCUT2D eigenvalue weighted by Crippen LogP contribution is 2.38. The van der Waals surface area contributed by atoms with Gasteiger partial charge in [-0.05, 0) is 24.3 Å². The van der Waals surface area contributed by atoms with Gasteiger partial charge in [0.2, 0.25) is 11.8 Å². The molecule has 0 aliphatic heterocycles. The summed E-state index contributed by atoms with van der Waals surface area (Å²) >= 11 is 0. The van der Waals surface area contributed by atoms with Crippen molar-refractivity contribution in [1.29, 1.82) is 0 Å². The van der Waals surface area contributed by atoms with Crippen LogP contribution < -0.4 is 11.1 Å². The molecular weight excluding hydrogens is 432 g/mol. The molecule has 8 nitrogen and oxygen atoms in total. The van der Waals surface area contributed by atoms with Gasteiger partial charge >= 0.3 is 0 Å². The number of pyridine rings is 2. The Morgan fingerprint density at radius 2 is 0.941 bits per heavy atom. The minimum Gasteiger partial charge on any atom is -0.494 e. The molecule has 2 aromatic heterocycles. The van der Waals surface area contributed by atoms with Crippen molar-refractivity contribution in [3.05, 3.63) is 45.0 Å². The molecule has 0 radical (unpaired) electrons. The number of benzene rings is 2. The van der Waals surface area contributed by atoms with Crippen LogP contribution in [0.3, 0.4) is 0 Å². The summed E-state index contributed by atoms with van der Waals surface area (Å²) in [5.41, 5.74) is -0.570. The normalized spacial score (nSPS) is 13.0. The first kappa shape index (κ1) is 24.0. The van der Waals surface area contributed by atoms with Gasteiger partial charge in [0.1, 0.15) is 0 Å². The average molecular weight is 469 g/mol. The Balaban J connectivity index is 1.89. The fourth-order valence-electron chi connectivity index (χ4n) is 4.82. The second kappa shape index (κ2) is 8.29. The predicted molar refractivity (Wildman–Crippen MR) is 137 cm³/mol. The van der Waals surface area contributed by atoms with E-state index in [2.05, 4.69) is 42.3 Å². The third-order valence-corrected chi connectivity index (χ3v) is 6.53. The van der Waals surface area contributed by atoms with Crippen molar-refractivity contribution >= 4 is 32.3 Å². The molecule has 0 spiro atoms. The van der Waals surface area contributed by atoms with Gasteiger partial charge in [-0.25, -0.2) is 0 Å². The molecule has 0 saturated carbocycles. The van der Waals surface area contributed by atoms with Gasteiger partial charge in [0.05, 0.1) is 55.4 Å². The second-order valence-electron chi connectivity index (χ2n) is 11.4. The minimum atomic E-state index is -0.285. The highest BCUT2D eigenvalue weighted by Gasteiger charge is 2.22. The van der Waals surface area contributed by atoms with E-state index in [1.807, 2.05) is 0 Å². The lowest BCUT2D eigenvalue weighted by atomic mass is 9.96. The lowest BCUT2D eigenvalue weighted by molar-refractivity contribution is -0.870. The summed E-state index contributed by atoms with van der Waals surface area (Å²) in [6.07, 6.45) is 1.48. The van der Waals surface area contributed by atoms with Gasteiger partial charge < -0.3 is 19.2 Å². The van der Waals surface area contributed by atoms with E-state index in [1.165, 1.54) is 9.13 Å². The SMILES string of the molecule is C[N+](C)(C)CCCn1c(O)c2ccc3c(=O)n(CCC[N+](C)(C)C)c(O)c4ccc(c1=O)c2c43. The van der Waals surface area contributed by atoms with Crippen LogP contribution in [0, 0.1) is 0 Å². The van der Waals surface area contributed by atoms with Gasteiger partial charge in [0.15, 0.2) is 0 Å². The zero-order valence-electron chi connectivity index (χ0n) is 21.1. The fraction of sp³-hybridized carbons (Fsp3) is 0.462.